The molecule has 1 aliphatic heterocycles. The third-order valence-electron chi connectivity index (χ3n) is 2.73. The smallest absolute Gasteiger partial charge is 0.0917 e. The molecule has 1 aromatic rings. The number of aryl methyl sites for hydroxylation is 1. The van der Waals surface area contributed by atoms with E-state index in [2.05, 4.69) is 0 Å². The number of aliphatic hydroxyl groups is 1. The Bertz CT molecular complexity index is 364. The van der Waals surface area contributed by atoms with Crippen molar-refractivity contribution in [2.45, 2.75) is 18.3 Å². The molecule has 0 aromatic heterocycles. The maximum absolute atomic E-state index is 10.3. The molecular formula is C12H15ClOS2. The van der Waals surface area contributed by atoms with Crippen LogP contribution in [-0.2, 0) is 0 Å². The van der Waals surface area contributed by atoms with Crippen LogP contribution in [0.4, 0.5) is 0 Å². The van der Waals surface area contributed by atoms with Crippen molar-refractivity contribution in [3.63, 3.8) is 0 Å². The SMILES string of the molecule is Cc1ccc(C(O)C2CSCCS2)cc1Cl. The molecule has 1 fully saturated rings. The highest BCUT2D eigenvalue weighted by atomic mass is 35.5. The summed E-state index contributed by atoms with van der Waals surface area (Å²) in [6, 6.07) is 5.84. The minimum Gasteiger partial charge on any atom is -0.387 e. The zero-order valence-electron chi connectivity index (χ0n) is 9.15. The Morgan fingerprint density at radius 1 is 1.44 bits per heavy atom. The van der Waals surface area contributed by atoms with E-state index in [1.807, 2.05) is 48.6 Å². The molecule has 88 valence electrons. The van der Waals surface area contributed by atoms with Crippen LogP contribution in [-0.4, -0.2) is 27.6 Å². The van der Waals surface area contributed by atoms with Crippen molar-refractivity contribution >= 4 is 35.1 Å². The summed E-state index contributed by atoms with van der Waals surface area (Å²) in [6.45, 7) is 1.98. The van der Waals surface area contributed by atoms with Crippen molar-refractivity contribution in [2.24, 2.45) is 0 Å². The zero-order chi connectivity index (χ0) is 11.5. The van der Waals surface area contributed by atoms with Gasteiger partial charge in [0.25, 0.3) is 0 Å². The van der Waals surface area contributed by atoms with Crippen LogP contribution in [0.5, 0.6) is 0 Å². The van der Waals surface area contributed by atoms with E-state index in [1.165, 1.54) is 5.75 Å². The minimum atomic E-state index is -0.393. The van der Waals surface area contributed by atoms with Crippen LogP contribution in [0, 0.1) is 6.92 Å². The summed E-state index contributed by atoms with van der Waals surface area (Å²) in [5.74, 6) is 3.35. The van der Waals surface area contributed by atoms with Gasteiger partial charge in [-0.15, -0.1) is 0 Å². The van der Waals surface area contributed by atoms with Crippen molar-refractivity contribution in [2.75, 3.05) is 17.3 Å². The molecule has 0 amide bonds. The predicted molar refractivity (Wildman–Crippen MR) is 74.7 cm³/mol. The van der Waals surface area contributed by atoms with Crippen LogP contribution >= 0.6 is 35.1 Å². The fourth-order valence-corrected chi connectivity index (χ4v) is 4.64. The van der Waals surface area contributed by atoms with Crippen LogP contribution in [0.15, 0.2) is 18.2 Å². The van der Waals surface area contributed by atoms with Gasteiger partial charge in [-0.05, 0) is 24.1 Å². The Balaban J connectivity index is 2.12. The molecule has 1 saturated heterocycles. The normalized spacial score (nSPS) is 23.1. The number of halogens is 1. The molecule has 2 atom stereocenters. The molecule has 16 heavy (non-hydrogen) atoms. The topological polar surface area (TPSA) is 20.2 Å². The van der Waals surface area contributed by atoms with Gasteiger partial charge < -0.3 is 5.11 Å². The summed E-state index contributed by atoms with van der Waals surface area (Å²) in [4.78, 5) is 0. The fraction of sp³-hybridized carbons (Fsp3) is 0.500. The summed E-state index contributed by atoms with van der Waals surface area (Å²) < 4.78 is 0. The van der Waals surface area contributed by atoms with Crippen LogP contribution in [0.3, 0.4) is 0 Å². The minimum absolute atomic E-state index is 0.303. The van der Waals surface area contributed by atoms with Crippen LogP contribution in [0.25, 0.3) is 0 Å². The van der Waals surface area contributed by atoms with Gasteiger partial charge in [-0.25, -0.2) is 0 Å². The van der Waals surface area contributed by atoms with Crippen molar-refractivity contribution in [3.05, 3.63) is 34.3 Å². The zero-order valence-corrected chi connectivity index (χ0v) is 11.5. The summed E-state index contributed by atoms with van der Waals surface area (Å²) in [6.07, 6.45) is -0.393. The number of hydrogen-bond acceptors (Lipinski definition) is 3. The van der Waals surface area contributed by atoms with Crippen molar-refractivity contribution in [3.8, 4) is 0 Å². The number of aliphatic hydroxyl groups excluding tert-OH is 1. The second kappa shape index (κ2) is 5.67. The van der Waals surface area contributed by atoms with E-state index in [-0.39, 0.29) is 0 Å². The maximum atomic E-state index is 10.3. The lowest BCUT2D eigenvalue weighted by molar-refractivity contribution is 0.180. The Labute approximate surface area is 110 Å². The third-order valence-corrected chi connectivity index (χ3v) is 5.99. The Morgan fingerprint density at radius 3 is 2.88 bits per heavy atom. The monoisotopic (exact) mass is 274 g/mol. The van der Waals surface area contributed by atoms with Crippen LogP contribution in [0.1, 0.15) is 17.2 Å². The quantitative estimate of drug-likeness (QED) is 0.891. The molecule has 0 aliphatic carbocycles. The molecule has 0 spiro atoms. The summed E-state index contributed by atoms with van der Waals surface area (Å²) in [7, 11) is 0. The number of thioether (sulfide) groups is 2. The highest BCUT2D eigenvalue weighted by Crippen LogP contribution is 2.34. The molecule has 0 bridgehead atoms. The van der Waals surface area contributed by atoms with E-state index in [9.17, 15) is 5.11 Å². The Hall–Kier alpha value is 0.170. The number of hydrogen-bond donors (Lipinski definition) is 1. The van der Waals surface area contributed by atoms with Gasteiger partial charge in [-0.1, -0.05) is 23.7 Å². The van der Waals surface area contributed by atoms with E-state index in [1.54, 1.807) is 0 Å². The highest BCUT2D eigenvalue weighted by Gasteiger charge is 2.24. The lowest BCUT2D eigenvalue weighted by Crippen LogP contribution is -2.22. The van der Waals surface area contributed by atoms with Crippen molar-refractivity contribution in [1.29, 1.82) is 0 Å². The average molecular weight is 275 g/mol. The molecule has 0 radical (unpaired) electrons. The average Bonchev–Trinajstić information content (AvgIpc) is 2.33. The first-order chi connectivity index (χ1) is 7.68. The lowest BCUT2D eigenvalue weighted by Gasteiger charge is -2.26. The van der Waals surface area contributed by atoms with Gasteiger partial charge in [-0.3, -0.25) is 0 Å². The molecule has 4 heteroatoms. The Kier molecular flexibility index (Phi) is 4.48. The first kappa shape index (κ1) is 12.6. The van der Waals surface area contributed by atoms with Gasteiger partial charge in [0.05, 0.1) is 6.10 Å². The molecule has 1 aromatic carbocycles. The number of benzene rings is 1. The van der Waals surface area contributed by atoms with E-state index < -0.39 is 6.10 Å². The van der Waals surface area contributed by atoms with E-state index in [0.29, 0.717) is 5.25 Å². The molecular weight excluding hydrogens is 260 g/mol. The number of rotatable bonds is 2. The van der Waals surface area contributed by atoms with Gasteiger partial charge in [0.2, 0.25) is 0 Å². The van der Waals surface area contributed by atoms with E-state index >= 15 is 0 Å². The molecule has 1 N–H and O–H groups in total. The molecule has 0 saturated carbocycles. The second-order valence-electron chi connectivity index (χ2n) is 3.94. The van der Waals surface area contributed by atoms with Gasteiger partial charge in [0, 0.05) is 27.5 Å². The lowest BCUT2D eigenvalue weighted by atomic mass is 10.1. The standard InChI is InChI=1S/C12H15ClOS2/c1-8-2-3-9(6-10(8)13)12(14)11-7-15-4-5-16-11/h2-3,6,11-12,14H,4-5,7H2,1H3. The van der Waals surface area contributed by atoms with Gasteiger partial charge in [0.15, 0.2) is 0 Å². The first-order valence-electron chi connectivity index (χ1n) is 5.32. The molecule has 2 rings (SSSR count). The van der Waals surface area contributed by atoms with Gasteiger partial charge in [0.1, 0.15) is 0 Å². The van der Waals surface area contributed by atoms with Gasteiger partial charge in [-0.2, -0.15) is 23.5 Å². The second-order valence-corrected chi connectivity index (χ2v) is 6.84. The first-order valence-corrected chi connectivity index (χ1v) is 7.90. The molecule has 1 nitrogen and oxygen atoms in total. The Morgan fingerprint density at radius 2 is 2.25 bits per heavy atom. The van der Waals surface area contributed by atoms with E-state index in [0.717, 1.165) is 27.7 Å². The summed E-state index contributed by atoms with van der Waals surface area (Å²) >= 11 is 9.86. The van der Waals surface area contributed by atoms with Gasteiger partial charge >= 0.3 is 0 Å². The summed E-state index contributed by atoms with van der Waals surface area (Å²) in [5.41, 5.74) is 2.00. The molecule has 1 heterocycles. The summed E-state index contributed by atoms with van der Waals surface area (Å²) in [5, 5.41) is 11.3. The van der Waals surface area contributed by atoms with E-state index in [4.69, 9.17) is 11.6 Å². The fourth-order valence-electron chi connectivity index (χ4n) is 1.70. The van der Waals surface area contributed by atoms with Crippen molar-refractivity contribution < 1.29 is 5.11 Å². The maximum Gasteiger partial charge on any atom is 0.0917 e. The molecule has 2 unspecified atom stereocenters. The van der Waals surface area contributed by atoms with Crippen molar-refractivity contribution in [1.82, 2.24) is 0 Å². The molecule has 1 aliphatic rings. The van der Waals surface area contributed by atoms with Crippen LogP contribution < -0.4 is 0 Å². The predicted octanol–water partition coefficient (Wildman–Crippen LogP) is 3.53. The van der Waals surface area contributed by atoms with Crippen LogP contribution in [0.2, 0.25) is 5.02 Å². The largest absolute Gasteiger partial charge is 0.387 e. The highest BCUT2D eigenvalue weighted by molar-refractivity contribution is 8.06. The third kappa shape index (κ3) is 2.89.